The average Bonchev–Trinajstić information content (AvgIpc) is 2.59. The SMILES string of the molecule is CCCc1cc(=O)[nH]c(SCC(=O)c2cc(OC)ccc2OC)n1. The minimum atomic E-state index is -0.206. The third-order valence-electron chi connectivity index (χ3n) is 3.33. The van der Waals surface area contributed by atoms with Gasteiger partial charge in [-0.1, -0.05) is 25.1 Å². The summed E-state index contributed by atoms with van der Waals surface area (Å²) in [7, 11) is 3.05. The van der Waals surface area contributed by atoms with Crippen LogP contribution in [0.5, 0.6) is 11.5 Å². The fourth-order valence-electron chi connectivity index (χ4n) is 2.18. The van der Waals surface area contributed by atoms with E-state index in [2.05, 4.69) is 9.97 Å². The molecule has 0 aliphatic rings. The summed E-state index contributed by atoms with van der Waals surface area (Å²) < 4.78 is 10.4. The lowest BCUT2D eigenvalue weighted by Crippen LogP contribution is -2.11. The number of nitrogens with one attached hydrogen (secondary N) is 1. The average molecular weight is 348 g/mol. The van der Waals surface area contributed by atoms with Crippen molar-refractivity contribution in [2.75, 3.05) is 20.0 Å². The second-order valence-corrected chi connectivity index (χ2v) is 6.03. The Bertz CT molecular complexity index is 773. The van der Waals surface area contributed by atoms with Crippen LogP contribution in [0.3, 0.4) is 0 Å². The Labute approximate surface area is 144 Å². The van der Waals surface area contributed by atoms with Crippen molar-refractivity contribution in [1.82, 2.24) is 9.97 Å². The smallest absolute Gasteiger partial charge is 0.251 e. The predicted molar refractivity (Wildman–Crippen MR) is 93.5 cm³/mol. The van der Waals surface area contributed by atoms with Crippen LogP contribution < -0.4 is 15.0 Å². The van der Waals surface area contributed by atoms with Crippen LogP contribution in [0.15, 0.2) is 34.2 Å². The molecule has 7 heteroatoms. The molecule has 2 aromatic rings. The van der Waals surface area contributed by atoms with Crippen molar-refractivity contribution in [3.05, 3.63) is 45.9 Å². The number of thioether (sulfide) groups is 1. The molecule has 1 heterocycles. The zero-order valence-electron chi connectivity index (χ0n) is 13.9. The minimum absolute atomic E-state index is 0.126. The fourth-order valence-corrected chi connectivity index (χ4v) is 2.96. The summed E-state index contributed by atoms with van der Waals surface area (Å²) >= 11 is 1.20. The van der Waals surface area contributed by atoms with Crippen LogP contribution in [0.4, 0.5) is 0 Å². The molecule has 24 heavy (non-hydrogen) atoms. The van der Waals surface area contributed by atoms with Gasteiger partial charge in [0.15, 0.2) is 10.9 Å². The van der Waals surface area contributed by atoms with Gasteiger partial charge >= 0.3 is 0 Å². The summed E-state index contributed by atoms with van der Waals surface area (Å²) in [6.07, 6.45) is 1.63. The van der Waals surface area contributed by atoms with E-state index in [1.54, 1.807) is 25.3 Å². The molecule has 0 saturated heterocycles. The molecule has 128 valence electrons. The van der Waals surface area contributed by atoms with Crippen LogP contribution >= 0.6 is 11.8 Å². The number of benzene rings is 1. The number of H-pyrrole nitrogens is 1. The standard InChI is InChI=1S/C17H20N2O4S/c1-4-5-11-8-16(21)19-17(18-11)24-10-14(20)13-9-12(22-2)6-7-15(13)23-3/h6-9H,4-5,10H2,1-3H3,(H,18,19,21). The second-order valence-electron chi connectivity index (χ2n) is 5.07. The summed E-state index contributed by atoms with van der Waals surface area (Å²) in [5.41, 5.74) is 0.967. The summed E-state index contributed by atoms with van der Waals surface area (Å²) in [6.45, 7) is 2.02. The van der Waals surface area contributed by atoms with Crippen LogP contribution in [0.2, 0.25) is 0 Å². The van der Waals surface area contributed by atoms with Gasteiger partial charge < -0.3 is 14.5 Å². The minimum Gasteiger partial charge on any atom is -0.497 e. The third kappa shape index (κ3) is 4.61. The van der Waals surface area contributed by atoms with Crippen molar-refractivity contribution in [3.8, 4) is 11.5 Å². The Kier molecular flexibility index (Phi) is 6.43. The number of ether oxygens (including phenoxy) is 2. The maximum absolute atomic E-state index is 12.5. The lowest BCUT2D eigenvalue weighted by Gasteiger charge is -2.09. The van der Waals surface area contributed by atoms with E-state index >= 15 is 0 Å². The molecule has 0 radical (unpaired) electrons. The Morgan fingerprint density at radius 2 is 2.04 bits per heavy atom. The highest BCUT2D eigenvalue weighted by molar-refractivity contribution is 7.99. The molecule has 0 spiro atoms. The van der Waals surface area contributed by atoms with Gasteiger partial charge in [0.05, 0.1) is 25.5 Å². The van der Waals surface area contributed by atoms with E-state index in [9.17, 15) is 9.59 Å². The van der Waals surface area contributed by atoms with Gasteiger partial charge in [0.1, 0.15) is 11.5 Å². The molecule has 0 saturated carbocycles. The molecular formula is C17H20N2O4S. The van der Waals surface area contributed by atoms with Gasteiger partial charge in [0, 0.05) is 11.8 Å². The number of ketones is 1. The van der Waals surface area contributed by atoms with Crippen molar-refractivity contribution in [2.45, 2.75) is 24.9 Å². The van der Waals surface area contributed by atoms with E-state index in [1.807, 2.05) is 6.92 Å². The molecule has 0 amide bonds. The van der Waals surface area contributed by atoms with E-state index in [1.165, 1.54) is 24.9 Å². The van der Waals surface area contributed by atoms with Gasteiger partial charge in [-0.15, -0.1) is 0 Å². The van der Waals surface area contributed by atoms with Gasteiger partial charge in [0.2, 0.25) is 0 Å². The highest BCUT2D eigenvalue weighted by Gasteiger charge is 2.15. The zero-order valence-corrected chi connectivity index (χ0v) is 14.7. The lowest BCUT2D eigenvalue weighted by atomic mass is 10.1. The maximum Gasteiger partial charge on any atom is 0.251 e. The first kappa shape index (κ1) is 18.1. The Morgan fingerprint density at radius 3 is 2.71 bits per heavy atom. The monoisotopic (exact) mass is 348 g/mol. The fraction of sp³-hybridized carbons (Fsp3) is 0.353. The molecule has 6 nitrogen and oxygen atoms in total. The van der Waals surface area contributed by atoms with E-state index in [0.29, 0.717) is 22.2 Å². The topological polar surface area (TPSA) is 81.3 Å². The quantitative estimate of drug-likeness (QED) is 0.449. The van der Waals surface area contributed by atoms with Crippen LogP contribution in [0.25, 0.3) is 0 Å². The van der Waals surface area contributed by atoms with Crippen molar-refractivity contribution in [3.63, 3.8) is 0 Å². The Morgan fingerprint density at radius 1 is 1.25 bits per heavy atom. The first-order valence-corrected chi connectivity index (χ1v) is 8.54. The molecule has 1 N–H and O–H groups in total. The van der Waals surface area contributed by atoms with Crippen molar-refractivity contribution in [2.24, 2.45) is 0 Å². The number of aryl methyl sites for hydroxylation is 1. The van der Waals surface area contributed by atoms with E-state index in [4.69, 9.17) is 9.47 Å². The Balaban J connectivity index is 2.15. The Hall–Kier alpha value is -2.28. The normalized spacial score (nSPS) is 10.5. The summed E-state index contributed by atoms with van der Waals surface area (Å²) in [5.74, 6) is 1.09. The van der Waals surface area contributed by atoms with Gasteiger partial charge in [-0.2, -0.15) is 0 Å². The highest BCUT2D eigenvalue weighted by atomic mass is 32.2. The van der Waals surface area contributed by atoms with Crippen LogP contribution in [0.1, 0.15) is 29.4 Å². The second kappa shape index (κ2) is 8.54. The van der Waals surface area contributed by atoms with Crippen molar-refractivity contribution < 1.29 is 14.3 Å². The van der Waals surface area contributed by atoms with E-state index in [-0.39, 0.29) is 17.1 Å². The molecule has 0 fully saturated rings. The third-order valence-corrected chi connectivity index (χ3v) is 4.20. The largest absolute Gasteiger partial charge is 0.497 e. The number of rotatable bonds is 8. The highest BCUT2D eigenvalue weighted by Crippen LogP contribution is 2.26. The van der Waals surface area contributed by atoms with Crippen molar-refractivity contribution >= 4 is 17.5 Å². The van der Waals surface area contributed by atoms with Crippen LogP contribution in [-0.2, 0) is 6.42 Å². The van der Waals surface area contributed by atoms with Crippen molar-refractivity contribution in [1.29, 1.82) is 0 Å². The van der Waals surface area contributed by atoms with Gasteiger partial charge in [-0.05, 0) is 24.6 Å². The summed E-state index contributed by atoms with van der Waals surface area (Å²) in [4.78, 5) is 31.2. The number of Topliss-reactive ketones (excluding diaryl/α,β-unsaturated/α-hetero) is 1. The molecular weight excluding hydrogens is 328 g/mol. The molecule has 2 rings (SSSR count). The van der Waals surface area contributed by atoms with Gasteiger partial charge in [-0.25, -0.2) is 4.98 Å². The zero-order chi connectivity index (χ0) is 17.5. The number of carbonyl (C=O) groups is 1. The maximum atomic E-state index is 12.5. The number of aromatic nitrogens is 2. The van der Waals surface area contributed by atoms with Gasteiger partial charge in [0.25, 0.3) is 5.56 Å². The molecule has 1 aromatic heterocycles. The molecule has 0 aliphatic heterocycles. The predicted octanol–water partition coefficient (Wildman–Crippen LogP) is 2.71. The number of hydrogen-bond acceptors (Lipinski definition) is 6. The number of aromatic amines is 1. The van der Waals surface area contributed by atoms with Crippen LogP contribution in [-0.4, -0.2) is 35.7 Å². The lowest BCUT2D eigenvalue weighted by molar-refractivity contribution is 0.101. The number of carbonyl (C=O) groups excluding carboxylic acids is 1. The molecule has 0 aliphatic carbocycles. The summed E-state index contributed by atoms with van der Waals surface area (Å²) in [5, 5.41) is 0.446. The first-order chi connectivity index (χ1) is 11.6. The molecule has 0 bridgehead atoms. The number of methoxy groups -OCH3 is 2. The van der Waals surface area contributed by atoms with Gasteiger partial charge in [-0.3, -0.25) is 9.59 Å². The van der Waals surface area contributed by atoms with E-state index in [0.717, 1.165) is 18.5 Å². The molecule has 0 atom stereocenters. The molecule has 0 unspecified atom stereocenters. The number of hydrogen-bond donors (Lipinski definition) is 1. The summed E-state index contributed by atoms with van der Waals surface area (Å²) in [6, 6.07) is 6.56. The first-order valence-electron chi connectivity index (χ1n) is 7.55. The van der Waals surface area contributed by atoms with E-state index < -0.39 is 0 Å². The van der Waals surface area contributed by atoms with Crippen LogP contribution in [0, 0.1) is 0 Å². The number of nitrogens with zero attached hydrogens (tertiary/aromatic N) is 1. The molecule has 1 aromatic carbocycles.